The van der Waals surface area contributed by atoms with Gasteiger partial charge in [0.2, 0.25) is 5.91 Å². The van der Waals surface area contributed by atoms with Gasteiger partial charge < -0.3 is 10.5 Å². The Balaban J connectivity index is 2.23. The molecule has 0 unspecified atom stereocenters. The van der Waals surface area contributed by atoms with Crippen molar-refractivity contribution < 1.29 is 14.3 Å². The molecular formula is C12H12N4O3. The Hall–Kier alpha value is -2.70. The smallest absolute Gasteiger partial charge is 0.341 e. The maximum Gasteiger partial charge on any atom is 0.341 e. The summed E-state index contributed by atoms with van der Waals surface area (Å²) in [6.45, 7) is 2.03. The fourth-order valence-electron chi connectivity index (χ4n) is 1.44. The van der Waals surface area contributed by atoms with E-state index in [-0.39, 0.29) is 0 Å². The average Bonchev–Trinajstić information content (AvgIpc) is 2.89. The van der Waals surface area contributed by atoms with Crippen LogP contribution in [-0.4, -0.2) is 33.2 Å². The Morgan fingerprint density at radius 3 is 2.68 bits per heavy atom. The molecule has 0 saturated carbocycles. The van der Waals surface area contributed by atoms with E-state index in [0.29, 0.717) is 23.6 Å². The average molecular weight is 260 g/mol. The lowest BCUT2D eigenvalue weighted by Gasteiger charge is -2.00. The number of carbonyl (C=O) groups is 2. The first kappa shape index (κ1) is 12.7. The molecule has 2 rings (SSSR count). The van der Waals surface area contributed by atoms with Crippen molar-refractivity contribution in [1.29, 1.82) is 0 Å². The molecule has 0 aliphatic heterocycles. The Kier molecular flexibility index (Phi) is 3.56. The number of carbonyl (C=O) groups excluding carboxylic acids is 2. The van der Waals surface area contributed by atoms with E-state index < -0.39 is 11.9 Å². The number of ether oxygens (including phenoxy) is 1. The fraction of sp³-hybridized carbons (Fsp3) is 0.167. The molecule has 0 aliphatic rings. The van der Waals surface area contributed by atoms with Crippen molar-refractivity contribution in [2.45, 2.75) is 6.92 Å². The van der Waals surface area contributed by atoms with Crippen LogP contribution in [0.25, 0.3) is 5.82 Å². The Morgan fingerprint density at radius 2 is 2.11 bits per heavy atom. The van der Waals surface area contributed by atoms with E-state index in [0.717, 1.165) is 0 Å². The predicted molar refractivity (Wildman–Crippen MR) is 65.8 cm³/mol. The van der Waals surface area contributed by atoms with Crippen LogP contribution in [-0.2, 0) is 4.74 Å². The summed E-state index contributed by atoms with van der Waals surface area (Å²) >= 11 is 0. The molecule has 0 fully saturated rings. The van der Waals surface area contributed by atoms with Crippen molar-refractivity contribution in [2.75, 3.05) is 6.61 Å². The van der Waals surface area contributed by atoms with Gasteiger partial charge >= 0.3 is 5.97 Å². The molecule has 7 nitrogen and oxygen atoms in total. The minimum atomic E-state index is -0.549. The number of hydrogen-bond donors (Lipinski definition) is 1. The van der Waals surface area contributed by atoms with E-state index in [9.17, 15) is 9.59 Å². The third kappa shape index (κ3) is 2.76. The first-order valence-corrected chi connectivity index (χ1v) is 5.60. The van der Waals surface area contributed by atoms with Crippen LogP contribution in [0.4, 0.5) is 0 Å². The molecule has 0 bridgehead atoms. The molecular weight excluding hydrogens is 248 g/mol. The summed E-state index contributed by atoms with van der Waals surface area (Å²) in [5, 5.41) is 4.00. The second-order valence-electron chi connectivity index (χ2n) is 3.66. The largest absolute Gasteiger partial charge is 0.462 e. The van der Waals surface area contributed by atoms with Crippen molar-refractivity contribution in [2.24, 2.45) is 5.73 Å². The Labute approximate surface area is 109 Å². The van der Waals surface area contributed by atoms with Crippen LogP contribution < -0.4 is 5.73 Å². The number of hydrogen-bond acceptors (Lipinski definition) is 5. The highest BCUT2D eigenvalue weighted by Gasteiger charge is 2.10. The first-order valence-electron chi connectivity index (χ1n) is 5.60. The number of esters is 1. The van der Waals surface area contributed by atoms with Gasteiger partial charge in [0.15, 0.2) is 5.82 Å². The zero-order valence-corrected chi connectivity index (χ0v) is 10.2. The number of aromatic nitrogens is 3. The minimum Gasteiger partial charge on any atom is -0.462 e. The Bertz CT molecular complexity index is 604. The number of pyridine rings is 1. The summed E-state index contributed by atoms with van der Waals surface area (Å²) in [5.74, 6) is -0.519. The van der Waals surface area contributed by atoms with Gasteiger partial charge in [-0.1, -0.05) is 0 Å². The van der Waals surface area contributed by atoms with Gasteiger partial charge in [0, 0.05) is 12.4 Å². The zero-order valence-electron chi connectivity index (χ0n) is 10.2. The molecule has 2 aromatic heterocycles. The van der Waals surface area contributed by atoms with Crippen molar-refractivity contribution >= 4 is 11.9 Å². The van der Waals surface area contributed by atoms with Crippen LogP contribution >= 0.6 is 0 Å². The zero-order chi connectivity index (χ0) is 13.8. The van der Waals surface area contributed by atoms with Gasteiger partial charge in [-0.15, -0.1) is 0 Å². The van der Waals surface area contributed by atoms with Crippen LogP contribution in [0.5, 0.6) is 0 Å². The molecule has 2 aromatic rings. The molecule has 0 spiro atoms. The second-order valence-corrected chi connectivity index (χ2v) is 3.66. The molecule has 0 saturated heterocycles. The van der Waals surface area contributed by atoms with Gasteiger partial charge in [-0.25, -0.2) is 14.5 Å². The molecule has 0 atom stereocenters. The third-order valence-electron chi connectivity index (χ3n) is 2.36. The molecule has 2 heterocycles. The van der Waals surface area contributed by atoms with E-state index in [1.165, 1.54) is 29.3 Å². The molecule has 19 heavy (non-hydrogen) atoms. The summed E-state index contributed by atoms with van der Waals surface area (Å²) in [4.78, 5) is 26.4. The van der Waals surface area contributed by atoms with E-state index in [1.54, 1.807) is 13.0 Å². The van der Waals surface area contributed by atoms with Crippen molar-refractivity contribution in [1.82, 2.24) is 14.8 Å². The number of amides is 1. The summed E-state index contributed by atoms with van der Waals surface area (Å²) in [6, 6.07) is 3.12. The van der Waals surface area contributed by atoms with Crippen molar-refractivity contribution in [3.05, 3.63) is 41.9 Å². The monoisotopic (exact) mass is 260 g/mol. The van der Waals surface area contributed by atoms with Gasteiger partial charge in [-0.2, -0.15) is 5.10 Å². The normalized spacial score (nSPS) is 10.2. The van der Waals surface area contributed by atoms with Gasteiger partial charge in [-0.05, 0) is 19.1 Å². The lowest BCUT2D eigenvalue weighted by molar-refractivity contribution is 0.0526. The summed E-state index contributed by atoms with van der Waals surface area (Å²) in [7, 11) is 0. The standard InChI is InChI=1S/C12H12N4O3/c1-2-19-12(18)9-6-15-16(7-9)10-4-3-8(5-14-10)11(13)17/h3-7H,2H2,1H3,(H2,13,17). The van der Waals surface area contributed by atoms with Crippen LogP contribution in [0.1, 0.15) is 27.6 Å². The van der Waals surface area contributed by atoms with E-state index in [1.807, 2.05) is 0 Å². The minimum absolute atomic E-state index is 0.301. The number of primary amides is 1. The SMILES string of the molecule is CCOC(=O)c1cnn(-c2ccc(C(N)=O)cn2)c1. The molecule has 0 radical (unpaired) electrons. The summed E-state index contributed by atoms with van der Waals surface area (Å²) < 4.78 is 6.27. The maximum absolute atomic E-state index is 11.5. The highest BCUT2D eigenvalue weighted by Crippen LogP contribution is 2.07. The van der Waals surface area contributed by atoms with Gasteiger partial charge in [0.05, 0.1) is 23.9 Å². The fourth-order valence-corrected chi connectivity index (χ4v) is 1.44. The molecule has 7 heteroatoms. The van der Waals surface area contributed by atoms with Crippen LogP contribution in [0.15, 0.2) is 30.7 Å². The van der Waals surface area contributed by atoms with E-state index >= 15 is 0 Å². The Morgan fingerprint density at radius 1 is 1.32 bits per heavy atom. The van der Waals surface area contributed by atoms with E-state index in [4.69, 9.17) is 10.5 Å². The maximum atomic E-state index is 11.5. The third-order valence-corrected chi connectivity index (χ3v) is 2.36. The quantitative estimate of drug-likeness (QED) is 0.809. The van der Waals surface area contributed by atoms with Crippen LogP contribution in [0.3, 0.4) is 0 Å². The van der Waals surface area contributed by atoms with Crippen molar-refractivity contribution in [3.63, 3.8) is 0 Å². The highest BCUT2D eigenvalue weighted by molar-refractivity contribution is 5.92. The molecule has 98 valence electrons. The molecule has 0 aromatic carbocycles. The summed E-state index contributed by atoms with van der Waals surface area (Å²) in [6.07, 6.45) is 4.25. The molecule has 2 N–H and O–H groups in total. The number of nitrogens with two attached hydrogens (primary N) is 1. The van der Waals surface area contributed by atoms with Crippen LogP contribution in [0.2, 0.25) is 0 Å². The topological polar surface area (TPSA) is 100 Å². The number of nitrogens with zero attached hydrogens (tertiary/aromatic N) is 3. The number of rotatable bonds is 4. The van der Waals surface area contributed by atoms with Gasteiger partial charge in [0.25, 0.3) is 0 Å². The van der Waals surface area contributed by atoms with Crippen LogP contribution in [0, 0.1) is 0 Å². The van der Waals surface area contributed by atoms with Gasteiger partial charge in [-0.3, -0.25) is 4.79 Å². The van der Waals surface area contributed by atoms with Gasteiger partial charge in [0.1, 0.15) is 0 Å². The molecule has 1 amide bonds. The highest BCUT2D eigenvalue weighted by atomic mass is 16.5. The van der Waals surface area contributed by atoms with E-state index in [2.05, 4.69) is 10.1 Å². The van der Waals surface area contributed by atoms with Crippen molar-refractivity contribution in [3.8, 4) is 5.82 Å². The lowest BCUT2D eigenvalue weighted by Crippen LogP contribution is -2.11. The predicted octanol–water partition coefficient (Wildman–Crippen LogP) is 0.543. The lowest BCUT2D eigenvalue weighted by atomic mass is 10.3. The summed E-state index contributed by atoms with van der Waals surface area (Å²) in [5.41, 5.74) is 5.76. The first-order chi connectivity index (χ1) is 9.11. The second kappa shape index (κ2) is 5.30. The molecule has 0 aliphatic carbocycles.